The minimum Gasteiger partial charge on any atom is -0.382 e. The van der Waals surface area contributed by atoms with Crippen LogP contribution in [0.25, 0.3) is 0 Å². The lowest BCUT2D eigenvalue weighted by molar-refractivity contribution is 0.0944. The van der Waals surface area contributed by atoms with Crippen molar-refractivity contribution < 1.29 is 4.79 Å². The SMILES string of the molecule is CC(C)NC(=O)c1c(N)nsc1N(C)CC1CCCCC1. The van der Waals surface area contributed by atoms with E-state index in [4.69, 9.17) is 5.73 Å². The molecular weight excluding hydrogens is 284 g/mol. The van der Waals surface area contributed by atoms with E-state index in [9.17, 15) is 4.79 Å². The van der Waals surface area contributed by atoms with Crippen molar-refractivity contribution in [2.75, 3.05) is 24.2 Å². The third-order valence-electron chi connectivity index (χ3n) is 3.95. The molecule has 0 unspecified atom stereocenters. The number of hydrogen-bond acceptors (Lipinski definition) is 5. The predicted molar refractivity (Wildman–Crippen MR) is 89.0 cm³/mol. The van der Waals surface area contributed by atoms with E-state index in [2.05, 4.69) is 14.6 Å². The highest BCUT2D eigenvalue weighted by atomic mass is 32.1. The number of nitrogens with two attached hydrogens (primary N) is 1. The molecule has 0 atom stereocenters. The van der Waals surface area contributed by atoms with Crippen LogP contribution in [-0.2, 0) is 0 Å². The molecule has 1 fully saturated rings. The van der Waals surface area contributed by atoms with Crippen molar-refractivity contribution in [2.24, 2.45) is 5.92 Å². The number of aromatic nitrogens is 1. The van der Waals surface area contributed by atoms with Crippen molar-refractivity contribution >= 4 is 28.3 Å². The highest BCUT2D eigenvalue weighted by Crippen LogP contribution is 2.32. The van der Waals surface area contributed by atoms with Crippen LogP contribution in [0, 0.1) is 5.92 Å². The van der Waals surface area contributed by atoms with Crippen molar-refractivity contribution in [1.82, 2.24) is 9.69 Å². The molecule has 2 rings (SSSR count). The number of nitrogens with zero attached hydrogens (tertiary/aromatic N) is 2. The Morgan fingerprint density at radius 2 is 2.10 bits per heavy atom. The van der Waals surface area contributed by atoms with Crippen molar-refractivity contribution in [3.05, 3.63) is 5.56 Å². The van der Waals surface area contributed by atoms with E-state index in [1.54, 1.807) is 0 Å². The fraction of sp³-hybridized carbons (Fsp3) is 0.733. The van der Waals surface area contributed by atoms with Crippen LogP contribution in [0.1, 0.15) is 56.3 Å². The summed E-state index contributed by atoms with van der Waals surface area (Å²) in [6.45, 7) is 4.86. The van der Waals surface area contributed by atoms with E-state index in [1.165, 1.54) is 43.6 Å². The second-order valence-corrected chi connectivity index (χ2v) is 7.01. The zero-order chi connectivity index (χ0) is 15.4. The molecule has 1 saturated carbocycles. The summed E-state index contributed by atoms with van der Waals surface area (Å²) < 4.78 is 4.18. The maximum absolute atomic E-state index is 12.3. The van der Waals surface area contributed by atoms with Gasteiger partial charge in [0.1, 0.15) is 10.6 Å². The van der Waals surface area contributed by atoms with E-state index in [-0.39, 0.29) is 11.9 Å². The summed E-state index contributed by atoms with van der Waals surface area (Å²) >= 11 is 1.32. The van der Waals surface area contributed by atoms with E-state index >= 15 is 0 Å². The van der Waals surface area contributed by atoms with Crippen molar-refractivity contribution in [3.63, 3.8) is 0 Å². The molecular formula is C15H26N4OS. The van der Waals surface area contributed by atoms with Gasteiger partial charge in [0.2, 0.25) is 0 Å². The topological polar surface area (TPSA) is 71.2 Å². The van der Waals surface area contributed by atoms with Gasteiger partial charge in [-0.1, -0.05) is 19.3 Å². The fourth-order valence-electron chi connectivity index (χ4n) is 2.94. The number of nitrogen functional groups attached to an aromatic ring is 1. The summed E-state index contributed by atoms with van der Waals surface area (Å²) in [5.41, 5.74) is 6.44. The van der Waals surface area contributed by atoms with Crippen molar-refractivity contribution in [1.29, 1.82) is 0 Å². The van der Waals surface area contributed by atoms with E-state index in [1.807, 2.05) is 20.9 Å². The van der Waals surface area contributed by atoms with Gasteiger partial charge in [0.25, 0.3) is 5.91 Å². The van der Waals surface area contributed by atoms with Gasteiger partial charge in [-0.25, -0.2) is 0 Å². The predicted octanol–water partition coefficient (Wildman–Crippen LogP) is 2.88. The molecule has 0 aromatic carbocycles. The smallest absolute Gasteiger partial charge is 0.258 e. The Bertz CT molecular complexity index is 480. The van der Waals surface area contributed by atoms with Crippen LogP contribution >= 0.6 is 11.5 Å². The second-order valence-electron chi connectivity index (χ2n) is 6.26. The Kier molecular flexibility index (Phi) is 5.45. The number of amides is 1. The molecule has 1 aromatic heterocycles. The average molecular weight is 310 g/mol. The molecule has 0 bridgehead atoms. The summed E-state index contributed by atoms with van der Waals surface area (Å²) in [5, 5.41) is 3.79. The van der Waals surface area contributed by atoms with Gasteiger partial charge in [0, 0.05) is 19.6 Å². The van der Waals surface area contributed by atoms with Gasteiger partial charge in [-0.2, -0.15) is 4.37 Å². The minimum atomic E-state index is -0.123. The highest BCUT2D eigenvalue weighted by Gasteiger charge is 2.24. The normalized spacial score (nSPS) is 16.2. The van der Waals surface area contributed by atoms with Crippen LogP contribution in [-0.4, -0.2) is 29.9 Å². The van der Waals surface area contributed by atoms with Gasteiger partial charge in [-0.3, -0.25) is 4.79 Å². The Morgan fingerprint density at radius 1 is 1.43 bits per heavy atom. The second kappa shape index (κ2) is 7.11. The first-order chi connectivity index (χ1) is 9.99. The molecule has 0 radical (unpaired) electrons. The summed E-state index contributed by atoms with van der Waals surface area (Å²) in [6.07, 6.45) is 6.57. The average Bonchev–Trinajstić information content (AvgIpc) is 2.81. The van der Waals surface area contributed by atoms with Crippen LogP contribution in [0.3, 0.4) is 0 Å². The summed E-state index contributed by atoms with van der Waals surface area (Å²) in [6, 6.07) is 0.0910. The molecule has 1 aliphatic carbocycles. The molecule has 1 aromatic rings. The van der Waals surface area contributed by atoms with Crippen LogP contribution in [0.15, 0.2) is 0 Å². The first-order valence-electron chi connectivity index (χ1n) is 7.76. The van der Waals surface area contributed by atoms with Crippen LogP contribution in [0.2, 0.25) is 0 Å². The molecule has 1 amide bonds. The Labute approximate surface area is 131 Å². The lowest BCUT2D eigenvalue weighted by Crippen LogP contribution is -2.33. The third-order valence-corrected chi connectivity index (χ3v) is 4.93. The quantitative estimate of drug-likeness (QED) is 0.877. The third kappa shape index (κ3) is 4.09. The van der Waals surface area contributed by atoms with Crippen molar-refractivity contribution in [2.45, 2.75) is 52.0 Å². The zero-order valence-electron chi connectivity index (χ0n) is 13.2. The van der Waals surface area contributed by atoms with Gasteiger partial charge in [-0.05, 0) is 44.1 Å². The highest BCUT2D eigenvalue weighted by molar-refractivity contribution is 7.11. The van der Waals surface area contributed by atoms with Crippen LogP contribution < -0.4 is 16.0 Å². The summed E-state index contributed by atoms with van der Waals surface area (Å²) in [4.78, 5) is 14.5. The molecule has 3 N–H and O–H groups in total. The molecule has 5 nitrogen and oxygen atoms in total. The number of carbonyl (C=O) groups excluding carboxylic acids is 1. The molecule has 0 aliphatic heterocycles. The minimum absolute atomic E-state index is 0.0910. The van der Waals surface area contributed by atoms with Gasteiger partial charge < -0.3 is 16.0 Å². The number of nitrogens with one attached hydrogen (secondary N) is 1. The van der Waals surface area contributed by atoms with Gasteiger partial charge >= 0.3 is 0 Å². The molecule has 21 heavy (non-hydrogen) atoms. The maximum atomic E-state index is 12.3. The number of carbonyl (C=O) groups is 1. The maximum Gasteiger partial charge on any atom is 0.258 e. The van der Waals surface area contributed by atoms with E-state index < -0.39 is 0 Å². The number of anilines is 2. The first-order valence-corrected chi connectivity index (χ1v) is 8.53. The Hall–Kier alpha value is -1.30. The molecule has 118 valence electrons. The monoisotopic (exact) mass is 310 g/mol. The lowest BCUT2D eigenvalue weighted by atomic mass is 9.89. The van der Waals surface area contributed by atoms with E-state index in [0.717, 1.165) is 11.5 Å². The molecule has 1 heterocycles. The first kappa shape index (κ1) is 16.1. The Morgan fingerprint density at radius 3 is 2.71 bits per heavy atom. The molecule has 6 heteroatoms. The molecule has 0 spiro atoms. The largest absolute Gasteiger partial charge is 0.382 e. The van der Waals surface area contributed by atoms with Gasteiger partial charge in [-0.15, -0.1) is 0 Å². The van der Waals surface area contributed by atoms with Gasteiger partial charge in [0.05, 0.1) is 0 Å². The zero-order valence-corrected chi connectivity index (χ0v) is 14.0. The van der Waals surface area contributed by atoms with Gasteiger partial charge in [0.15, 0.2) is 5.82 Å². The standard InChI is InChI=1S/C15H26N4OS/c1-10(2)17-14(20)12-13(16)18-21-15(12)19(3)9-11-7-5-4-6-8-11/h10-11H,4-9H2,1-3H3,(H2,16,18)(H,17,20). The summed E-state index contributed by atoms with van der Waals surface area (Å²) in [5.74, 6) is 0.929. The van der Waals surface area contributed by atoms with Crippen LogP contribution in [0.4, 0.5) is 10.8 Å². The summed E-state index contributed by atoms with van der Waals surface area (Å²) in [7, 11) is 2.04. The molecule has 1 aliphatic rings. The number of rotatable bonds is 5. The molecule has 0 saturated heterocycles. The number of hydrogen-bond donors (Lipinski definition) is 2. The fourth-order valence-corrected chi connectivity index (χ4v) is 3.72. The Balaban J connectivity index is 2.09. The van der Waals surface area contributed by atoms with Crippen LogP contribution in [0.5, 0.6) is 0 Å². The lowest BCUT2D eigenvalue weighted by Gasteiger charge is -2.27. The van der Waals surface area contributed by atoms with Crippen molar-refractivity contribution in [3.8, 4) is 0 Å². The van der Waals surface area contributed by atoms with E-state index in [0.29, 0.717) is 17.3 Å².